The fourth-order valence-corrected chi connectivity index (χ4v) is 5.26. The second-order valence-electron chi connectivity index (χ2n) is 7.90. The highest BCUT2D eigenvalue weighted by Crippen LogP contribution is 2.39. The topological polar surface area (TPSA) is 61.4 Å². The van der Waals surface area contributed by atoms with Gasteiger partial charge in [0.05, 0.1) is 16.5 Å². The second kappa shape index (κ2) is 9.60. The Morgan fingerprint density at radius 2 is 2.03 bits per heavy atom. The van der Waals surface area contributed by atoms with E-state index in [0.717, 1.165) is 37.8 Å². The number of likely N-dealkylation sites (tertiary alicyclic amines) is 1. The molecule has 2 amide bonds. The summed E-state index contributed by atoms with van der Waals surface area (Å²) >= 11 is 1.70. The van der Waals surface area contributed by atoms with Crippen LogP contribution in [0.25, 0.3) is 0 Å². The standard InChI is InChI=1S/C21H28F3N3O2S/c1-2-3-7-18(28)27-10-8-20(9-11-27)26-17(14-30-20)19(29)25-13-15-5-4-6-16(12-15)21(22,23)24/h4-6,12,17,26H,2-3,7-11,13-14H2,1H3,(H,25,29). The molecule has 2 aliphatic heterocycles. The van der Waals surface area contributed by atoms with Crippen LogP contribution in [0, 0.1) is 0 Å². The van der Waals surface area contributed by atoms with Crippen LogP contribution in [0.2, 0.25) is 0 Å². The molecule has 0 aliphatic carbocycles. The zero-order chi connectivity index (χ0) is 21.8. The van der Waals surface area contributed by atoms with E-state index >= 15 is 0 Å². The third-order valence-corrected chi connectivity index (χ3v) is 7.25. The molecule has 30 heavy (non-hydrogen) atoms. The number of hydrogen-bond donors (Lipinski definition) is 2. The molecule has 2 saturated heterocycles. The minimum atomic E-state index is -4.40. The number of piperidine rings is 1. The van der Waals surface area contributed by atoms with Gasteiger partial charge in [0, 0.05) is 31.8 Å². The number of unbranched alkanes of at least 4 members (excludes halogenated alkanes) is 1. The Hall–Kier alpha value is -1.74. The molecule has 0 saturated carbocycles. The number of nitrogens with one attached hydrogen (secondary N) is 2. The van der Waals surface area contributed by atoms with Gasteiger partial charge in [0.1, 0.15) is 0 Å². The molecule has 0 radical (unpaired) electrons. The molecule has 3 rings (SSSR count). The van der Waals surface area contributed by atoms with Crippen LogP contribution in [0.15, 0.2) is 24.3 Å². The van der Waals surface area contributed by atoms with Gasteiger partial charge in [-0.3, -0.25) is 14.9 Å². The molecule has 5 nitrogen and oxygen atoms in total. The molecule has 1 atom stereocenters. The van der Waals surface area contributed by atoms with Crippen LogP contribution in [0.5, 0.6) is 0 Å². The first-order valence-electron chi connectivity index (χ1n) is 10.4. The van der Waals surface area contributed by atoms with Crippen LogP contribution in [-0.4, -0.2) is 46.5 Å². The van der Waals surface area contributed by atoms with Crippen molar-refractivity contribution < 1.29 is 22.8 Å². The van der Waals surface area contributed by atoms with E-state index in [1.54, 1.807) is 17.8 Å². The summed E-state index contributed by atoms with van der Waals surface area (Å²) in [5.74, 6) is 0.599. The number of nitrogens with zero attached hydrogens (tertiary/aromatic N) is 1. The number of carbonyl (C=O) groups is 2. The monoisotopic (exact) mass is 443 g/mol. The van der Waals surface area contributed by atoms with E-state index in [4.69, 9.17) is 0 Å². The summed E-state index contributed by atoms with van der Waals surface area (Å²) in [7, 11) is 0. The Morgan fingerprint density at radius 1 is 1.30 bits per heavy atom. The van der Waals surface area contributed by atoms with E-state index in [2.05, 4.69) is 17.6 Å². The minimum absolute atomic E-state index is 0.0539. The lowest BCUT2D eigenvalue weighted by Gasteiger charge is -2.39. The molecule has 1 spiro atoms. The Labute approximate surface area is 179 Å². The molecule has 2 aliphatic rings. The number of carbonyl (C=O) groups excluding carboxylic acids is 2. The predicted molar refractivity (Wildman–Crippen MR) is 111 cm³/mol. The highest BCUT2D eigenvalue weighted by Gasteiger charge is 2.44. The molecule has 2 fully saturated rings. The number of alkyl halides is 3. The van der Waals surface area contributed by atoms with Gasteiger partial charge < -0.3 is 10.2 Å². The smallest absolute Gasteiger partial charge is 0.351 e. The summed E-state index contributed by atoms with van der Waals surface area (Å²) in [5, 5.41) is 6.16. The van der Waals surface area contributed by atoms with Crippen LogP contribution in [0.4, 0.5) is 13.2 Å². The fourth-order valence-electron chi connectivity index (χ4n) is 3.85. The van der Waals surface area contributed by atoms with Crippen LogP contribution in [-0.2, 0) is 22.3 Å². The number of halogens is 3. The average Bonchev–Trinajstić information content (AvgIpc) is 3.14. The fraction of sp³-hybridized carbons (Fsp3) is 0.619. The van der Waals surface area contributed by atoms with Gasteiger partial charge in [-0.05, 0) is 37.0 Å². The minimum Gasteiger partial charge on any atom is -0.351 e. The van der Waals surface area contributed by atoms with E-state index in [1.807, 2.05) is 4.90 Å². The van der Waals surface area contributed by atoms with Gasteiger partial charge in [-0.2, -0.15) is 13.2 Å². The average molecular weight is 444 g/mol. The first kappa shape index (κ1) is 22.9. The maximum absolute atomic E-state index is 12.8. The summed E-state index contributed by atoms with van der Waals surface area (Å²) < 4.78 is 38.5. The van der Waals surface area contributed by atoms with E-state index in [1.165, 1.54) is 6.07 Å². The number of rotatable bonds is 6. The normalized spacial score (nSPS) is 21.1. The van der Waals surface area contributed by atoms with Crippen molar-refractivity contribution in [1.29, 1.82) is 0 Å². The van der Waals surface area contributed by atoms with E-state index in [0.29, 0.717) is 30.8 Å². The van der Waals surface area contributed by atoms with Crippen LogP contribution in [0.1, 0.15) is 50.2 Å². The Kier molecular flexibility index (Phi) is 7.34. The Morgan fingerprint density at radius 3 is 2.70 bits per heavy atom. The predicted octanol–water partition coefficient (Wildman–Crippen LogP) is 3.54. The lowest BCUT2D eigenvalue weighted by molar-refractivity contribution is -0.137. The van der Waals surface area contributed by atoms with Gasteiger partial charge in [-0.25, -0.2) is 0 Å². The molecule has 1 unspecified atom stereocenters. The van der Waals surface area contributed by atoms with Crippen LogP contribution in [0.3, 0.4) is 0 Å². The zero-order valence-electron chi connectivity index (χ0n) is 17.1. The van der Waals surface area contributed by atoms with Crippen molar-refractivity contribution in [1.82, 2.24) is 15.5 Å². The number of benzene rings is 1. The highest BCUT2D eigenvalue weighted by molar-refractivity contribution is 8.01. The van der Waals surface area contributed by atoms with Gasteiger partial charge in [0.25, 0.3) is 0 Å². The van der Waals surface area contributed by atoms with Crippen LogP contribution < -0.4 is 10.6 Å². The van der Waals surface area contributed by atoms with Crippen molar-refractivity contribution in [3.05, 3.63) is 35.4 Å². The highest BCUT2D eigenvalue weighted by atomic mass is 32.2. The van der Waals surface area contributed by atoms with Crippen molar-refractivity contribution in [2.45, 2.75) is 62.7 Å². The zero-order valence-corrected chi connectivity index (χ0v) is 17.9. The molecule has 2 N–H and O–H groups in total. The van der Waals surface area contributed by atoms with Crippen molar-refractivity contribution >= 4 is 23.6 Å². The summed E-state index contributed by atoms with van der Waals surface area (Å²) in [6.45, 7) is 3.48. The largest absolute Gasteiger partial charge is 0.416 e. The maximum Gasteiger partial charge on any atom is 0.416 e. The lowest BCUT2D eigenvalue weighted by Crippen LogP contribution is -2.54. The van der Waals surface area contributed by atoms with Gasteiger partial charge >= 0.3 is 6.18 Å². The van der Waals surface area contributed by atoms with Crippen molar-refractivity contribution in [3.8, 4) is 0 Å². The van der Waals surface area contributed by atoms with Gasteiger partial charge in [-0.15, -0.1) is 11.8 Å². The maximum atomic E-state index is 12.8. The summed E-state index contributed by atoms with van der Waals surface area (Å²) in [6.07, 6.45) is -0.340. The van der Waals surface area contributed by atoms with Crippen molar-refractivity contribution in [2.75, 3.05) is 18.8 Å². The molecular formula is C21H28F3N3O2S. The first-order valence-corrected chi connectivity index (χ1v) is 11.3. The quantitative estimate of drug-likeness (QED) is 0.706. The molecule has 9 heteroatoms. The first-order chi connectivity index (χ1) is 14.2. The second-order valence-corrected chi connectivity index (χ2v) is 9.31. The van der Waals surface area contributed by atoms with Gasteiger partial charge in [0.2, 0.25) is 11.8 Å². The molecule has 0 aromatic heterocycles. The number of thioether (sulfide) groups is 1. The molecular weight excluding hydrogens is 415 g/mol. The Bertz CT molecular complexity index is 764. The van der Waals surface area contributed by atoms with E-state index in [-0.39, 0.29) is 29.3 Å². The number of amides is 2. The molecule has 0 bridgehead atoms. The van der Waals surface area contributed by atoms with E-state index < -0.39 is 11.7 Å². The molecule has 166 valence electrons. The third-order valence-electron chi connectivity index (χ3n) is 5.67. The molecule has 2 heterocycles. The summed E-state index contributed by atoms with van der Waals surface area (Å²) in [6, 6.07) is 4.61. The van der Waals surface area contributed by atoms with Gasteiger partial charge in [-0.1, -0.05) is 25.5 Å². The van der Waals surface area contributed by atoms with Gasteiger partial charge in [0.15, 0.2) is 0 Å². The summed E-state index contributed by atoms with van der Waals surface area (Å²) in [5.41, 5.74) is -0.305. The SMILES string of the molecule is CCCCC(=O)N1CCC2(CC1)NC(C(=O)NCc1cccc(C(F)(F)F)c1)CS2. The third kappa shape index (κ3) is 5.69. The molecule has 1 aromatic rings. The van der Waals surface area contributed by atoms with E-state index in [9.17, 15) is 22.8 Å². The number of hydrogen-bond acceptors (Lipinski definition) is 4. The van der Waals surface area contributed by atoms with Crippen molar-refractivity contribution in [3.63, 3.8) is 0 Å². The summed E-state index contributed by atoms with van der Waals surface area (Å²) in [4.78, 5) is 26.4. The Balaban J connectivity index is 1.48. The lowest BCUT2D eigenvalue weighted by atomic mass is 10.0. The van der Waals surface area contributed by atoms with Crippen LogP contribution >= 0.6 is 11.8 Å². The van der Waals surface area contributed by atoms with Crippen molar-refractivity contribution in [2.24, 2.45) is 0 Å². The molecule has 1 aromatic carbocycles.